The molecule has 3 rings (SSSR count). The number of carbonyl (C=O) groups is 1. The SMILES string of the molecule is CCOC(=O)CC(C)(C)Cc1nc2cc(Cl)ccc2n1Cc1ccc(Br)cc1. The second kappa shape index (κ2) is 8.66. The molecule has 0 atom stereocenters. The van der Waals surface area contributed by atoms with Crippen molar-refractivity contribution in [3.63, 3.8) is 0 Å². The van der Waals surface area contributed by atoms with Crippen LogP contribution in [0.2, 0.25) is 5.02 Å². The van der Waals surface area contributed by atoms with Gasteiger partial charge in [0.1, 0.15) is 5.82 Å². The van der Waals surface area contributed by atoms with Crippen molar-refractivity contribution in [1.29, 1.82) is 0 Å². The summed E-state index contributed by atoms with van der Waals surface area (Å²) in [4.78, 5) is 16.8. The highest BCUT2D eigenvalue weighted by molar-refractivity contribution is 9.10. The van der Waals surface area contributed by atoms with E-state index >= 15 is 0 Å². The highest BCUT2D eigenvalue weighted by atomic mass is 79.9. The molecule has 6 heteroatoms. The maximum Gasteiger partial charge on any atom is 0.306 e. The number of benzene rings is 2. The number of rotatable bonds is 7. The van der Waals surface area contributed by atoms with Gasteiger partial charge in [0.25, 0.3) is 0 Å². The molecule has 0 radical (unpaired) electrons. The number of carbonyl (C=O) groups excluding carboxylic acids is 1. The Labute approximate surface area is 179 Å². The number of imidazole rings is 1. The van der Waals surface area contributed by atoms with Crippen LogP contribution in [0, 0.1) is 5.41 Å². The molecule has 0 aliphatic rings. The lowest BCUT2D eigenvalue weighted by Crippen LogP contribution is -2.23. The van der Waals surface area contributed by atoms with Crippen LogP contribution >= 0.6 is 27.5 Å². The maximum atomic E-state index is 12.0. The zero-order valence-corrected chi connectivity index (χ0v) is 18.7. The van der Waals surface area contributed by atoms with Crippen LogP contribution in [-0.2, 0) is 22.5 Å². The van der Waals surface area contributed by atoms with E-state index in [1.54, 1.807) is 0 Å². The summed E-state index contributed by atoms with van der Waals surface area (Å²) in [5.41, 5.74) is 2.82. The molecule has 0 N–H and O–H groups in total. The van der Waals surface area contributed by atoms with Gasteiger partial charge in [-0.2, -0.15) is 0 Å². The molecule has 0 spiro atoms. The van der Waals surface area contributed by atoms with Crippen LogP contribution < -0.4 is 0 Å². The summed E-state index contributed by atoms with van der Waals surface area (Å²) in [7, 11) is 0. The molecular formula is C22H24BrClN2O2. The van der Waals surface area contributed by atoms with Crippen LogP contribution in [0.15, 0.2) is 46.9 Å². The smallest absolute Gasteiger partial charge is 0.306 e. The van der Waals surface area contributed by atoms with E-state index in [4.69, 9.17) is 21.3 Å². The molecule has 0 saturated carbocycles. The van der Waals surface area contributed by atoms with Crippen molar-refractivity contribution >= 4 is 44.5 Å². The number of nitrogens with zero attached hydrogens (tertiary/aromatic N) is 2. The first-order chi connectivity index (χ1) is 13.3. The summed E-state index contributed by atoms with van der Waals surface area (Å²) >= 11 is 9.66. The Morgan fingerprint density at radius 1 is 1.21 bits per heavy atom. The van der Waals surface area contributed by atoms with Crippen LogP contribution in [0.3, 0.4) is 0 Å². The van der Waals surface area contributed by atoms with Gasteiger partial charge in [-0.15, -0.1) is 0 Å². The highest BCUT2D eigenvalue weighted by Crippen LogP contribution is 2.30. The molecule has 28 heavy (non-hydrogen) atoms. The topological polar surface area (TPSA) is 44.1 Å². The predicted molar refractivity (Wildman–Crippen MR) is 117 cm³/mol. The summed E-state index contributed by atoms with van der Waals surface area (Å²) in [5, 5.41) is 0.665. The predicted octanol–water partition coefficient (Wildman–Crippen LogP) is 6.02. The van der Waals surface area contributed by atoms with E-state index in [0.29, 0.717) is 31.0 Å². The third-order valence-electron chi connectivity index (χ3n) is 4.61. The lowest BCUT2D eigenvalue weighted by Gasteiger charge is -2.23. The van der Waals surface area contributed by atoms with Crippen LogP contribution in [0.25, 0.3) is 11.0 Å². The summed E-state index contributed by atoms with van der Waals surface area (Å²) in [6.45, 7) is 7.07. The number of hydrogen-bond donors (Lipinski definition) is 0. The minimum atomic E-state index is -0.269. The highest BCUT2D eigenvalue weighted by Gasteiger charge is 2.26. The fourth-order valence-corrected chi connectivity index (χ4v) is 3.76. The number of esters is 1. The van der Waals surface area contributed by atoms with Crippen LogP contribution in [-0.4, -0.2) is 22.1 Å². The van der Waals surface area contributed by atoms with E-state index < -0.39 is 0 Å². The summed E-state index contributed by atoms with van der Waals surface area (Å²) in [6.07, 6.45) is 1.01. The van der Waals surface area contributed by atoms with Crippen molar-refractivity contribution in [1.82, 2.24) is 9.55 Å². The molecule has 2 aromatic carbocycles. The van der Waals surface area contributed by atoms with Crippen molar-refractivity contribution in [2.75, 3.05) is 6.61 Å². The number of halogens is 2. The largest absolute Gasteiger partial charge is 0.466 e. The van der Waals surface area contributed by atoms with Crippen molar-refractivity contribution in [2.45, 2.75) is 40.2 Å². The standard InChI is InChI=1S/C22H24BrClN2O2/c1-4-28-21(27)13-22(2,3)12-20-25-18-11-17(24)9-10-19(18)26(20)14-15-5-7-16(23)8-6-15/h5-11H,4,12-14H2,1-3H3. The number of hydrogen-bond acceptors (Lipinski definition) is 3. The molecule has 148 valence electrons. The Kier molecular flexibility index (Phi) is 6.46. The Hall–Kier alpha value is -1.85. The third kappa shape index (κ3) is 5.15. The molecule has 0 saturated heterocycles. The van der Waals surface area contributed by atoms with Gasteiger partial charge < -0.3 is 9.30 Å². The van der Waals surface area contributed by atoms with Gasteiger partial charge >= 0.3 is 5.97 Å². The Bertz CT molecular complexity index is 980. The number of fused-ring (bicyclic) bond motifs is 1. The van der Waals surface area contributed by atoms with Gasteiger partial charge in [0.2, 0.25) is 0 Å². The van der Waals surface area contributed by atoms with Crippen LogP contribution in [0.5, 0.6) is 0 Å². The lowest BCUT2D eigenvalue weighted by molar-refractivity contribution is -0.145. The second-order valence-electron chi connectivity index (χ2n) is 7.70. The van der Waals surface area contributed by atoms with Crippen molar-refractivity contribution < 1.29 is 9.53 Å². The molecule has 0 fully saturated rings. The van der Waals surface area contributed by atoms with E-state index in [1.807, 2.05) is 37.3 Å². The Morgan fingerprint density at radius 3 is 2.61 bits per heavy atom. The molecule has 3 aromatic rings. The second-order valence-corrected chi connectivity index (χ2v) is 9.05. The molecule has 1 aromatic heterocycles. The van der Waals surface area contributed by atoms with E-state index in [9.17, 15) is 4.79 Å². The molecule has 1 heterocycles. The van der Waals surface area contributed by atoms with E-state index in [0.717, 1.165) is 21.3 Å². The molecule has 0 unspecified atom stereocenters. The summed E-state index contributed by atoms with van der Waals surface area (Å²) in [6, 6.07) is 14.0. The number of aromatic nitrogens is 2. The first-order valence-corrected chi connectivity index (χ1v) is 10.5. The van der Waals surface area contributed by atoms with E-state index in [1.165, 1.54) is 5.56 Å². The summed E-state index contributed by atoms with van der Waals surface area (Å²) in [5.74, 6) is 0.764. The van der Waals surface area contributed by atoms with Crippen molar-refractivity contribution in [3.05, 3.63) is 63.3 Å². The fraction of sp³-hybridized carbons (Fsp3) is 0.364. The van der Waals surface area contributed by atoms with Gasteiger partial charge in [0, 0.05) is 22.5 Å². The van der Waals surface area contributed by atoms with Gasteiger partial charge in [-0.05, 0) is 48.2 Å². The van der Waals surface area contributed by atoms with E-state index in [-0.39, 0.29) is 11.4 Å². The van der Waals surface area contributed by atoms with Gasteiger partial charge in [-0.1, -0.05) is 53.5 Å². The van der Waals surface area contributed by atoms with Crippen LogP contribution in [0.4, 0.5) is 0 Å². The summed E-state index contributed by atoms with van der Waals surface area (Å²) < 4.78 is 8.40. The molecule has 0 aliphatic carbocycles. The molecule has 4 nitrogen and oxygen atoms in total. The Balaban J connectivity index is 1.96. The number of ether oxygens (including phenoxy) is 1. The monoisotopic (exact) mass is 462 g/mol. The molecule has 0 aliphatic heterocycles. The maximum absolute atomic E-state index is 12.0. The average Bonchev–Trinajstić information content (AvgIpc) is 2.92. The van der Waals surface area contributed by atoms with Gasteiger partial charge in [0.05, 0.1) is 24.1 Å². The van der Waals surface area contributed by atoms with Crippen molar-refractivity contribution in [2.24, 2.45) is 5.41 Å². The zero-order valence-electron chi connectivity index (χ0n) is 16.3. The van der Waals surface area contributed by atoms with E-state index in [2.05, 4.69) is 46.5 Å². The molecular weight excluding hydrogens is 440 g/mol. The first-order valence-electron chi connectivity index (χ1n) is 9.32. The lowest BCUT2D eigenvalue weighted by atomic mass is 9.85. The van der Waals surface area contributed by atoms with Gasteiger partial charge in [-0.3, -0.25) is 4.79 Å². The molecule has 0 bridgehead atoms. The fourth-order valence-electron chi connectivity index (χ4n) is 3.33. The minimum absolute atomic E-state index is 0.175. The molecule has 0 amide bonds. The third-order valence-corrected chi connectivity index (χ3v) is 5.37. The first kappa shape index (κ1) is 20.9. The van der Waals surface area contributed by atoms with Crippen molar-refractivity contribution in [3.8, 4) is 0 Å². The zero-order chi connectivity index (χ0) is 20.3. The Morgan fingerprint density at radius 2 is 1.93 bits per heavy atom. The minimum Gasteiger partial charge on any atom is -0.466 e. The normalized spacial score (nSPS) is 11.8. The van der Waals surface area contributed by atoms with Gasteiger partial charge in [-0.25, -0.2) is 4.98 Å². The average molecular weight is 464 g/mol. The quantitative estimate of drug-likeness (QED) is 0.402. The van der Waals surface area contributed by atoms with Crippen LogP contribution in [0.1, 0.15) is 38.6 Å². The van der Waals surface area contributed by atoms with Gasteiger partial charge in [0.15, 0.2) is 0 Å².